The number of nitrogens with zero attached hydrogens (tertiary/aromatic N) is 1. The Balaban J connectivity index is 1.68. The van der Waals surface area contributed by atoms with Crippen molar-refractivity contribution in [2.45, 2.75) is 50.2 Å². The summed E-state index contributed by atoms with van der Waals surface area (Å²) in [4.78, 5) is 12.7. The molecule has 1 saturated heterocycles. The van der Waals surface area contributed by atoms with Crippen molar-refractivity contribution in [2.24, 2.45) is 0 Å². The zero-order valence-corrected chi connectivity index (χ0v) is 10.8. The van der Waals surface area contributed by atoms with Gasteiger partial charge < -0.3 is 19.8 Å². The van der Waals surface area contributed by atoms with Crippen molar-refractivity contribution in [2.75, 3.05) is 26.2 Å². The molecule has 104 valence electrons. The zero-order chi connectivity index (χ0) is 13.0. The molecule has 1 saturated carbocycles. The Morgan fingerprint density at radius 2 is 1.89 bits per heavy atom. The van der Waals surface area contributed by atoms with E-state index in [2.05, 4.69) is 4.90 Å². The Hall–Kier alpha value is -0.650. The quantitative estimate of drug-likeness (QED) is 0.764. The van der Waals surface area contributed by atoms with E-state index in [1.54, 1.807) is 0 Å². The van der Waals surface area contributed by atoms with Gasteiger partial charge in [0.1, 0.15) is 6.61 Å². The first-order valence-corrected chi connectivity index (χ1v) is 6.86. The van der Waals surface area contributed by atoms with E-state index in [4.69, 9.17) is 9.84 Å². The third-order valence-electron chi connectivity index (χ3n) is 4.03. The molecule has 2 rings (SSSR count). The van der Waals surface area contributed by atoms with E-state index in [0.29, 0.717) is 0 Å². The van der Waals surface area contributed by atoms with Gasteiger partial charge in [-0.05, 0) is 25.7 Å². The number of hydrogen-bond donors (Lipinski definition) is 2. The van der Waals surface area contributed by atoms with Crippen LogP contribution in [0.4, 0.5) is 0 Å². The van der Waals surface area contributed by atoms with E-state index < -0.39 is 11.6 Å². The van der Waals surface area contributed by atoms with Crippen LogP contribution in [0.5, 0.6) is 0 Å². The zero-order valence-electron chi connectivity index (χ0n) is 10.8. The molecular formula is C13H23NO4. The summed E-state index contributed by atoms with van der Waals surface area (Å²) < 4.78 is 5.30. The first kappa shape index (κ1) is 13.8. The summed E-state index contributed by atoms with van der Waals surface area (Å²) in [6, 6.07) is 0. The predicted octanol–water partition coefficient (Wildman–Crippen LogP) is 0.857. The minimum Gasteiger partial charge on any atom is -0.480 e. The van der Waals surface area contributed by atoms with Crippen LogP contribution in [0.25, 0.3) is 0 Å². The molecule has 5 heteroatoms. The lowest BCUT2D eigenvalue weighted by atomic mass is 9.99. The van der Waals surface area contributed by atoms with E-state index in [1.165, 1.54) is 0 Å². The van der Waals surface area contributed by atoms with Crippen molar-refractivity contribution < 1.29 is 19.7 Å². The van der Waals surface area contributed by atoms with Gasteiger partial charge in [-0.15, -0.1) is 0 Å². The minimum absolute atomic E-state index is 0.0653. The Morgan fingerprint density at radius 3 is 2.44 bits per heavy atom. The van der Waals surface area contributed by atoms with Crippen LogP contribution in [0.2, 0.25) is 0 Å². The van der Waals surface area contributed by atoms with Crippen LogP contribution in [0.3, 0.4) is 0 Å². The fourth-order valence-electron chi connectivity index (χ4n) is 3.03. The van der Waals surface area contributed by atoms with E-state index in [-0.39, 0.29) is 12.7 Å². The Bertz CT molecular complexity index is 281. The molecule has 18 heavy (non-hydrogen) atoms. The normalized spacial score (nSPS) is 25.4. The minimum atomic E-state index is -0.905. The molecule has 0 aromatic rings. The number of piperidine rings is 1. The lowest BCUT2D eigenvalue weighted by Crippen LogP contribution is -2.46. The Labute approximate surface area is 108 Å². The summed E-state index contributed by atoms with van der Waals surface area (Å²) in [5, 5.41) is 18.9. The van der Waals surface area contributed by atoms with Gasteiger partial charge in [0, 0.05) is 19.6 Å². The fourth-order valence-corrected chi connectivity index (χ4v) is 3.03. The van der Waals surface area contributed by atoms with Crippen LogP contribution in [0, 0.1) is 0 Å². The van der Waals surface area contributed by atoms with Crippen molar-refractivity contribution >= 4 is 5.97 Å². The molecule has 0 amide bonds. The van der Waals surface area contributed by atoms with Gasteiger partial charge in [-0.25, -0.2) is 4.79 Å². The highest BCUT2D eigenvalue weighted by Crippen LogP contribution is 2.31. The third-order valence-corrected chi connectivity index (χ3v) is 4.03. The number of carbonyl (C=O) groups is 1. The number of β-amino-alcohol motifs (C(OH)–C–C–N with tert-alkyl or cyclic N) is 1. The average Bonchev–Trinajstić information content (AvgIpc) is 2.75. The number of likely N-dealkylation sites (tertiary alicyclic amines) is 1. The smallest absolute Gasteiger partial charge is 0.329 e. The van der Waals surface area contributed by atoms with Gasteiger partial charge in [0.15, 0.2) is 0 Å². The fraction of sp³-hybridized carbons (Fsp3) is 0.923. The largest absolute Gasteiger partial charge is 0.480 e. The maximum atomic E-state index is 10.4. The van der Waals surface area contributed by atoms with Gasteiger partial charge in [-0.3, -0.25) is 0 Å². The Kier molecular flexibility index (Phi) is 4.59. The van der Waals surface area contributed by atoms with Gasteiger partial charge in [-0.1, -0.05) is 12.8 Å². The lowest BCUT2D eigenvalue weighted by molar-refractivity contribution is -0.145. The molecule has 5 nitrogen and oxygen atoms in total. The van der Waals surface area contributed by atoms with Crippen LogP contribution < -0.4 is 0 Å². The predicted molar refractivity (Wildman–Crippen MR) is 66.5 cm³/mol. The molecule has 0 aromatic carbocycles. The monoisotopic (exact) mass is 257 g/mol. The number of carboxylic acids is 1. The van der Waals surface area contributed by atoms with Crippen molar-refractivity contribution in [1.82, 2.24) is 4.90 Å². The van der Waals surface area contributed by atoms with Crippen molar-refractivity contribution in [3.63, 3.8) is 0 Å². The second-order valence-electron chi connectivity index (χ2n) is 5.61. The van der Waals surface area contributed by atoms with Crippen LogP contribution in [-0.2, 0) is 9.53 Å². The molecule has 0 aromatic heterocycles. The number of rotatable bonds is 5. The standard InChI is InChI=1S/C13H23NO4/c15-12(16)9-18-11-3-7-14(8-4-11)10-13(17)5-1-2-6-13/h11,17H,1-10H2,(H,15,16). The van der Waals surface area contributed by atoms with Crippen LogP contribution in [0.1, 0.15) is 38.5 Å². The highest BCUT2D eigenvalue weighted by molar-refractivity contribution is 5.68. The number of hydrogen-bond acceptors (Lipinski definition) is 4. The van der Waals surface area contributed by atoms with E-state index in [1.807, 2.05) is 0 Å². The lowest BCUT2D eigenvalue weighted by Gasteiger charge is -2.36. The number of ether oxygens (including phenoxy) is 1. The molecule has 0 unspecified atom stereocenters. The number of aliphatic hydroxyl groups is 1. The molecular weight excluding hydrogens is 234 g/mol. The number of aliphatic carboxylic acids is 1. The summed E-state index contributed by atoms with van der Waals surface area (Å²) in [5.41, 5.74) is -0.477. The maximum Gasteiger partial charge on any atom is 0.329 e. The van der Waals surface area contributed by atoms with Gasteiger partial charge in [0.25, 0.3) is 0 Å². The van der Waals surface area contributed by atoms with Gasteiger partial charge in [-0.2, -0.15) is 0 Å². The summed E-state index contributed by atoms with van der Waals surface area (Å²) in [6.07, 6.45) is 5.90. The van der Waals surface area contributed by atoms with Gasteiger partial charge in [0.05, 0.1) is 11.7 Å². The van der Waals surface area contributed by atoms with Crippen LogP contribution in [0.15, 0.2) is 0 Å². The third kappa shape index (κ3) is 3.93. The molecule has 0 atom stereocenters. The maximum absolute atomic E-state index is 10.4. The molecule has 1 aliphatic heterocycles. The van der Waals surface area contributed by atoms with Crippen molar-refractivity contribution in [3.05, 3.63) is 0 Å². The first-order valence-electron chi connectivity index (χ1n) is 6.86. The molecule has 2 aliphatic rings. The summed E-state index contributed by atoms with van der Waals surface area (Å²) in [7, 11) is 0. The number of carboxylic acid groups (broad SMARTS) is 1. The SMILES string of the molecule is O=C(O)COC1CCN(CC2(O)CCCC2)CC1. The molecule has 1 heterocycles. The highest BCUT2D eigenvalue weighted by atomic mass is 16.5. The van der Waals surface area contributed by atoms with Gasteiger partial charge >= 0.3 is 5.97 Å². The molecule has 2 fully saturated rings. The first-order chi connectivity index (χ1) is 8.57. The molecule has 0 bridgehead atoms. The molecule has 1 aliphatic carbocycles. The highest BCUT2D eigenvalue weighted by Gasteiger charge is 2.34. The van der Waals surface area contributed by atoms with Crippen LogP contribution in [-0.4, -0.2) is 59.0 Å². The van der Waals surface area contributed by atoms with E-state index in [9.17, 15) is 9.90 Å². The van der Waals surface area contributed by atoms with E-state index >= 15 is 0 Å². The average molecular weight is 257 g/mol. The van der Waals surface area contributed by atoms with Crippen LogP contribution >= 0.6 is 0 Å². The summed E-state index contributed by atoms with van der Waals surface area (Å²) in [6.45, 7) is 2.35. The topological polar surface area (TPSA) is 70.0 Å². The summed E-state index contributed by atoms with van der Waals surface area (Å²) in [5.74, 6) is -0.905. The summed E-state index contributed by atoms with van der Waals surface area (Å²) >= 11 is 0. The molecule has 0 radical (unpaired) electrons. The van der Waals surface area contributed by atoms with Gasteiger partial charge in [0.2, 0.25) is 0 Å². The Morgan fingerprint density at radius 1 is 1.28 bits per heavy atom. The molecule has 2 N–H and O–H groups in total. The molecule has 0 spiro atoms. The second-order valence-corrected chi connectivity index (χ2v) is 5.61. The van der Waals surface area contributed by atoms with E-state index in [0.717, 1.165) is 58.2 Å². The van der Waals surface area contributed by atoms with Crippen molar-refractivity contribution in [1.29, 1.82) is 0 Å². The second kappa shape index (κ2) is 5.99. The van der Waals surface area contributed by atoms with Crippen molar-refractivity contribution in [3.8, 4) is 0 Å².